The number of rotatable bonds is 5. The summed E-state index contributed by atoms with van der Waals surface area (Å²) in [5.41, 5.74) is 0. The summed E-state index contributed by atoms with van der Waals surface area (Å²) in [5, 5.41) is 0. The lowest BCUT2D eigenvalue weighted by Gasteiger charge is -2.32. The van der Waals surface area contributed by atoms with E-state index in [0.29, 0.717) is 38.2 Å². The van der Waals surface area contributed by atoms with Gasteiger partial charge in [0, 0.05) is 32.6 Å². The van der Waals surface area contributed by atoms with E-state index in [1.165, 1.54) is 4.31 Å². The molecule has 23 heavy (non-hydrogen) atoms. The van der Waals surface area contributed by atoms with Crippen LogP contribution in [-0.4, -0.2) is 57.3 Å². The molecular weight excluding hydrogens is 316 g/mol. The molecular formula is C16H24N2O4S. The third-order valence-corrected chi connectivity index (χ3v) is 6.26. The van der Waals surface area contributed by atoms with E-state index >= 15 is 0 Å². The zero-order chi connectivity index (χ0) is 17.0. The zero-order valence-corrected chi connectivity index (χ0v) is 14.7. The Morgan fingerprint density at radius 1 is 1.26 bits per heavy atom. The number of carbonyl (C=O) groups excluding carboxylic acids is 1. The topological polar surface area (TPSA) is 66.9 Å². The first kappa shape index (κ1) is 17.7. The van der Waals surface area contributed by atoms with E-state index in [9.17, 15) is 13.2 Å². The highest BCUT2D eigenvalue weighted by molar-refractivity contribution is 7.89. The summed E-state index contributed by atoms with van der Waals surface area (Å²) in [4.78, 5) is 14.1. The fourth-order valence-corrected chi connectivity index (χ4v) is 4.18. The summed E-state index contributed by atoms with van der Waals surface area (Å²) >= 11 is 0. The molecule has 7 heteroatoms. The Balaban J connectivity index is 2.04. The van der Waals surface area contributed by atoms with Gasteiger partial charge in [0.05, 0.1) is 12.0 Å². The van der Waals surface area contributed by atoms with Crippen LogP contribution in [0.4, 0.5) is 0 Å². The summed E-state index contributed by atoms with van der Waals surface area (Å²) in [5.74, 6) is 0.645. The van der Waals surface area contributed by atoms with Crippen molar-refractivity contribution < 1.29 is 17.9 Å². The predicted molar refractivity (Wildman–Crippen MR) is 87.8 cm³/mol. The highest BCUT2D eigenvalue weighted by atomic mass is 32.2. The molecule has 0 aromatic heterocycles. The molecule has 6 nitrogen and oxygen atoms in total. The Labute approximate surface area is 138 Å². The Morgan fingerprint density at radius 2 is 1.83 bits per heavy atom. The van der Waals surface area contributed by atoms with Crippen molar-refractivity contribution in [2.75, 3.05) is 33.8 Å². The van der Waals surface area contributed by atoms with Gasteiger partial charge in [-0.3, -0.25) is 4.79 Å². The van der Waals surface area contributed by atoms with Crippen LogP contribution in [0.2, 0.25) is 0 Å². The molecule has 2 rings (SSSR count). The number of benzene rings is 1. The van der Waals surface area contributed by atoms with Gasteiger partial charge in [0.2, 0.25) is 15.9 Å². The largest absolute Gasteiger partial charge is 0.497 e. The van der Waals surface area contributed by atoms with Crippen LogP contribution in [0.1, 0.15) is 19.8 Å². The van der Waals surface area contributed by atoms with Crippen molar-refractivity contribution in [1.29, 1.82) is 0 Å². The van der Waals surface area contributed by atoms with Gasteiger partial charge >= 0.3 is 0 Å². The second kappa shape index (κ2) is 7.31. The number of hydrogen-bond acceptors (Lipinski definition) is 4. The zero-order valence-electron chi connectivity index (χ0n) is 13.9. The van der Waals surface area contributed by atoms with Crippen molar-refractivity contribution in [3.8, 4) is 5.75 Å². The molecule has 0 aliphatic carbocycles. The number of hydrogen-bond donors (Lipinski definition) is 0. The van der Waals surface area contributed by atoms with Crippen molar-refractivity contribution in [2.24, 2.45) is 5.92 Å². The van der Waals surface area contributed by atoms with Gasteiger partial charge in [-0.25, -0.2) is 8.42 Å². The van der Waals surface area contributed by atoms with Crippen molar-refractivity contribution >= 4 is 15.9 Å². The van der Waals surface area contributed by atoms with Gasteiger partial charge in [-0.15, -0.1) is 0 Å². The molecule has 1 aliphatic rings. The Morgan fingerprint density at radius 3 is 2.30 bits per heavy atom. The van der Waals surface area contributed by atoms with E-state index in [-0.39, 0.29) is 16.7 Å². The van der Waals surface area contributed by atoms with E-state index < -0.39 is 10.0 Å². The average Bonchev–Trinajstić information content (AvgIpc) is 2.60. The molecule has 0 atom stereocenters. The number of ether oxygens (including phenoxy) is 1. The van der Waals surface area contributed by atoms with Gasteiger partial charge in [-0.1, -0.05) is 0 Å². The second-order valence-corrected chi connectivity index (χ2v) is 7.64. The second-order valence-electron chi connectivity index (χ2n) is 5.71. The number of methoxy groups -OCH3 is 1. The van der Waals surface area contributed by atoms with Gasteiger partial charge in [0.15, 0.2) is 0 Å². The molecule has 0 saturated carbocycles. The standard InChI is InChI=1S/C16H24N2O4S/c1-4-17(2)16(19)13-9-11-18(12-10-13)23(20,21)15-7-5-14(22-3)6-8-15/h5-8,13H,4,9-12H2,1-3H3. The minimum Gasteiger partial charge on any atom is -0.497 e. The van der Waals surface area contributed by atoms with Crippen LogP contribution in [0.15, 0.2) is 29.2 Å². The first-order valence-corrected chi connectivity index (χ1v) is 9.23. The van der Waals surface area contributed by atoms with Gasteiger partial charge in [0.25, 0.3) is 0 Å². The average molecular weight is 340 g/mol. The Hall–Kier alpha value is -1.60. The molecule has 128 valence electrons. The minimum absolute atomic E-state index is 0.0812. The highest BCUT2D eigenvalue weighted by Gasteiger charge is 2.32. The lowest BCUT2D eigenvalue weighted by Crippen LogP contribution is -2.43. The van der Waals surface area contributed by atoms with Gasteiger partial charge in [-0.05, 0) is 44.0 Å². The van der Waals surface area contributed by atoms with Crippen molar-refractivity contribution in [3.05, 3.63) is 24.3 Å². The van der Waals surface area contributed by atoms with Crippen LogP contribution in [0.5, 0.6) is 5.75 Å². The number of nitrogens with zero attached hydrogens (tertiary/aromatic N) is 2. The van der Waals surface area contributed by atoms with Gasteiger partial charge < -0.3 is 9.64 Å². The molecule has 0 bridgehead atoms. The number of sulfonamides is 1. The van der Waals surface area contributed by atoms with E-state index in [0.717, 1.165) is 0 Å². The van der Waals surface area contributed by atoms with Crippen LogP contribution in [0.3, 0.4) is 0 Å². The van der Waals surface area contributed by atoms with Crippen LogP contribution in [0.25, 0.3) is 0 Å². The third kappa shape index (κ3) is 3.84. The normalized spacial score (nSPS) is 17.0. The minimum atomic E-state index is -3.51. The van der Waals surface area contributed by atoms with E-state index in [1.807, 2.05) is 6.92 Å². The smallest absolute Gasteiger partial charge is 0.243 e. The molecule has 1 aromatic rings. The molecule has 1 heterocycles. The molecule has 0 unspecified atom stereocenters. The maximum atomic E-state index is 12.6. The lowest BCUT2D eigenvalue weighted by atomic mass is 9.97. The summed E-state index contributed by atoms with van der Waals surface area (Å²) < 4.78 is 31.8. The summed E-state index contributed by atoms with van der Waals surface area (Å²) in [6.45, 7) is 3.36. The predicted octanol–water partition coefficient (Wildman–Crippen LogP) is 1.57. The summed E-state index contributed by atoms with van der Waals surface area (Å²) in [6.07, 6.45) is 1.14. The number of piperidine rings is 1. The summed E-state index contributed by atoms with van der Waals surface area (Å²) in [6, 6.07) is 6.38. The molecule has 1 amide bonds. The van der Waals surface area contributed by atoms with Crippen molar-refractivity contribution in [1.82, 2.24) is 9.21 Å². The fraction of sp³-hybridized carbons (Fsp3) is 0.562. The highest BCUT2D eigenvalue weighted by Crippen LogP contribution is 2.25. The SMILES string of the molecule is CCN(C)C(=O)C1CCN(S(=O)(=O)c2ccc(OC)cc2)CC1. The van der Waals surface area contributed by atoms with Gasteiger partial charge in [-0.2, -0.15) is 4.31 Å². The quantitative estimate of drug-likeness (QED) is 0.816. The monoisotopic (exact) mass is 340 g/mol. The molecule has 0 spiro atoms. The fourth-order valence-electron chi connectivity index (χ4n) is 2.71. The third-order valence-electron chi connectivity index (χ3n) is 4.35. The van der Waals surface area contributed by atoms with Crippen LogP contribution < -0.4 is 4.74 Å². The molecule has 0 radical (unpaired) electrons. The van der Waals surface area contributed by atoms with Crippen LogP contribution >= 0.6 is 0 Å². The number of carbonyl (C=O) groups is 1. The Bertz CT molecular complexity index is 635. The van der Waals surface area contributed by atoms with E-state index in [2.05, 4.69) is 0 Å². The molecule has 0 N–H and O–H groups in total. The van der Waals surface area contributed by atoms with Crippen molar-refractivity contribution in [2.45, 2.75) is 24.7 Å². The molecule has 1 aliphatic heterocycles. The molecule has 1 fully saturated rings. The van der Waals surface area contributed by atoms with E-state index in [4.69, 9.17) is 4.74 Å². The molecule has 1 aromatic carbocycles. The van der Waals surface area contributed by atoms with Crippen LogP contribution in [-0.2, 0) is 14.8 Å². The first-order valence-electron chi connectivity index (χ1n) is 7.79. The van der Waals surface area contributed by atoms with Gasteiger partial charge in [0.1, 0.15) is 5.75 Å². The summed E-state index contributed by atoms with van der Waals surface area (Å²) in [7, 11) is -0.188. The van der Waals surface area contributed by atoms with E-state index in [1.54, 1.807) is 43.3 Å². The lowest BCUT2D eigenvalue weighted by molar-refractivity contribution is -0.135. The first-order chi connectivity index (χ1) is 10.9. The molecule has 1 saturated heterocycles. The van der Waals surface area contributed by atoms with Crippen molar-refractivity contribution in [3.63, 3.8) is 0 Å². The number of amides is 1. The maximum Gasteiger partial charge on any atom is 0.243 e. The Kier molecular flexibility index (Phi) is 5.64. The van der Waals surface area contributed by atoms with Crippen LogP contribution in [0, 0.1) is 5.92 Å². The maximum absolute atomic E-state index is 12.6.